The molecular formula is C16H19FN2O. The largest absolute Gasteiger partial charge is 0.377 e. The Morgan fingerprint density at radius 1 is 1.30 bits per heavy atom. The summed E-state index contributed by atoms with van der Waals surface area (Å²) in [4.78, 5) is 4.27. The minimum Gasteiger partial charge on any atom is -0.377 e. The Morgan fingerprint density at radius 3 is 3.00 bits per heavy atom. The molecule has 0 unspecified atom stereocenters. The number of aromatic nitrogens is 1. The summed E-state index contributed by atoms with van der Waals surface area (Å²) in [5, 5.41) is 0.903. The molecule has 0 spiro atoms. The number of aryl methyl sites for hydroxylation is 1. The molecule has 1 aliphatic heterocycles. The van der Waals surface area contributed by atoms with E-state index in [-0.39, 0.29) is 18.0 Å². The van der Waals surface area contributed by atoms with Gasteiger partial charge in [-0.15, -0.1) is 0 Å². The Labute approximate surface area is 118 Å². The number of ether oxygens (including phenoxy) is 1. The Morgan fingerprint density at radius 2 is 2.20 bits per heavy atom. The zero-order valence-corrected chi connectivity index (χ0v) is 11.4. The van der Waals surface area contributed by atoms with Gasteiger partial charge in [0.15, 0.2) is 0 Å². The number of hydrogen-bond donors (Lipinski definition) is 1. The minimum absolute atomic E-state index is 0.183. The number of nitrogens with two attached hydrogens (primary N) is 1. The van der Waals surface area contributed by atoms with Crippen molar-refractivity contribution < 1.29 is 9.13 Å². The fraction of sp³-hybridized carbons (Fsp3) is 0.438. The molecule has 1 aromatic carbocycles. The van der Waals surface area contributed by atoms with Gasteiger partial charge in [0.2, 0.25) is 0 Å². The lowest BCUT2D eigenvalue weighted by atomic mass is 9.98. The first-order valence-electron chi connectivity index (χ1n) is 7.13. The van der Waals surface area contributed by atoms with Gasteiger partial charge in [-0.25, -0.2) is 4.39 Å². The number of halogens is 1. The highest BCUT2D eigenvalue weighted by molar-refractivity contribution is 5.81. The van der Waals surface area contributed by atoms with Gasteiger partial charge < -0.3 is 10.5 Å². The van der Waals surface area contributed by atoms with Crippen LogP contribution in [0.5, 0.6) is 0 Å². The monoisotopic (exact) mass is 274 g/mol. The minimum atomic E-state index is -0.216. The summed E-state index contributed by atoms with van der Waals surface area (Å²) in [6, 6.07) is 6.89. The zero-order valence-electron chi connectivity index (χ0n) is 11.4. The van der Waals surface area contributed by atoms with Crippen molar-refractivity contribution in [2.75, 3.05) is 6.61 Å². The van der Waals surface area contributed by atoms with Gasteiger partial charge in [0.1, 0.15) is 5.82 Å². The van der Waals surface area contributed by atoms with Gasteiger partial charge in [-0.3, -0.25) is 4.98 Å². The van der Waals surface area contributed by atoms with Crippen LogP contribution in [-0.2, 0) is 11.2 Å². The summed E-state index contributed by atoms with van der Waals surface area (Å²) in [6.07, 6.45) is 5.92. The highest BCUT2D eigenvalue weighted by Crippen LogP contribution is 2.22. The molecule has 2 atom stereocenters. The van der Waals surface area contributed by atoms with E-state index in [1.165, 1.54) is 6.07 Å². The standard InChI is InChI=1S/C16H19FN2O/c17-12-2-6-16-15(9-12)11(7-8-19-16)1-4-14-5-3-13(18)10-20-14/h2,6-9,13-14H,1,3-5,10,18H2/t13-,14+/m0/s1. The molecule has 1 fully saturated rings. The van der Waals surface area contributed by atoms with E-state index < -0.39 is 0 Å². The van der Waals surface area contributed by atoms with Gasteiger partial charge in [0.05, 0.1) is 18.2 Å². The SMILES string of the molecule is N[C@H]1CC[C@@H](CCc2ccnc3ccc(F)cc23)OC1. The number of benzene rings is 1. The van der Waals surface area contributed by atoms with Crippen LogP contribution in [0.1, 0.15) is 24.8 Å². The number of pyridine rings is 1. The van der Waals surface area contributed by atoms with Crippen molar-refractivity contribution in [3.05, 3.63) is 41.8 Å². The number of hydrogen-bond acceptors (Lipinski definition) is 3. The lowest BCUT2D eigenvalue weighted by molar-refractivity contribution is 0.00116. The van der Waals surface area contributed by atoms with Crippen LogP contribution >= 0.6 is 0 Å². The van der Waals surface area contributed by atoms with E-state index >= 15 is 0 Å². The molecule has 3 nitrogen and oxygen atoms in total. The number of rotatable bonds is 3. The topological polar surface area (TPSA) is 48.1 Å². The molecule has 0 bridgehead atoms. The number of nitrogens with zero attached hydrogens (tertiary/aromatic N) is 1. The summed E-state index contributed by atoms with van der Waals surface area (Å²) in [6.45, 7) is 0.649. The van der Waals surface area contributed by atoms with E-state index in [0.29, 0.717) is 6.61 Å². The van der Waals surface area contributed by atoms with E-state index in [1.807, 2.05) is 6.07 Å². The summed E-state index contributed by atoms with van der Waals surface area (Å²) in [5.74, 6) is -0.216. The second kappa shape index (κ2) is 5.85. The fourth-order valence-electron chi connectivity index (χ4n) is 2.76. The molecule has 3 rings (SSSR count). The summed E-state index contributed by atoms with van der Waals surface area (Å²) < 4.78 is 19.1. The maximum atomic E-state index is 13.4. The quantitative estimate of drug-likeness (QED) is 0.936. The van der Waals surface area contributed by atoms with Crippen LogP contribution in [0.2, 0.25) is 0 Å². The molecule has 1 saturated heterocycles. The van der Waals surface area contributed by atoms with E-state index in [1.54, 1.807) is 18.3 Å². The molecule has 4 heteroatoms. The third-order valence-electron chi connectivity index (χ3n) is 3.93. The molecule has 106 valence electrons. The zero-order chi connectivity index (χ0) is 13.9. The Balaban J connectivity index is 1.72. The highest BCUT2D eigenvalue weighted by Gasteiger charge is 2.19. The first-order chi connectivity index (χ1) is 9.72. The summed E-state index contributed by atoms with van der Waals surface area (Å²) >= 11 is 0. The second-order valence-corrected chi connectivity index (χ2v) is 5.46. The van der Waals surface area contributed by atoms with E-state index in [2.05, 4.69) is 4.98 Å². The average Bonchev–Trinajstić information content (AvgIpc) is 2.47. The lowest BCUT2D eigenvalue weighted by Crippen LogP contribution is -2.35. The maximum absolute atomic E-state index is 13.4. The van der Waals surface area contributed by atoms with Crippen molar-refractivity contribution in [2.45, 2.75) is 37.8 Å². The Bertz CT molecular complexity index is 594. The predicted octanol–water partition coefficient (Wildman–Crippen LogP) is 2.81. The molecule has 0 aliphatic carbocycles. The van der Waals surface area contributed by atoms with Crippen molar-refractivity contribution in [1.29, 1.82) is 0 Å². The predicted molar refractivity (Wildman–Crippen MR) is 77.0 cm³/mol. The van der Waals surface area contributed by atoms with Crippen LogP contribution in [0.15, 0.2) is 30.5 Å². The van der Waals surface area contributed by atoms with Crippen LogP contribution in [0.3, 0.4) is 0 Å². The van der Waals surface area contributed by atoms with Crippen LogP contribution in [0, 0.1) is 5.82 Å². The van der Waals surface area contributed by atoms with Crippen LogP contribution < -0.4 is 5.73 Å². The van der Waals surface area contributed by atoms with Gasteiger partial charge in [0, 0.05) is 17.6 Å². The third kappa shape index (κ3) is 2.97. The Hall–Kier alpha value is -1.52. The molecule has 0 radical (unpaired) electrons. The van der Waals surface area contributed by atoms with Gasteiger partial charge in [-0.05, 0) is 55.5 Å². The fourth-order valence-corrected chi connectivity index (χ4v) is 2.76. The highest BCUT2D eigenvalue weighted by atomic mass is 19.1. The van der Waals surface area contributed by atoms with Gasteiger partial charge in [-0.2, -0.15) is 0 Å². The normalized spacial score (nSPS) is 23.1. The smallest absolute Gasteiger partial charge is 0.123 e. The molecule has 0 amide bonds. The summed E-state index contributed by atoms with van der Waals surface area (Å²) in [7, 11) is 0. The average molecular weight is 274 g/mol. The van der Waals surface area contributed by atoms with Crippen LogP contribution in [-0.4, -0.2) is 23.7 Å². The van der Waals surface area contributed by atoms with E-state index in [9.17, 15) is 4.39 Å². The molecule has 1 aromatic heterocycles. The van der Waals surface area contributed by atoms with Gasteiger partial charge >= 0.3 is 0 Å². The second-order valence-electron chi connectivity index (χ2n) is 5.46. The van der Waals surface area contributed by atoms with Crippen molar-refractivity contribution in [3.63, 3.8) is 0 Å². The Kier molecular flexibility index (Phi) is 3.94. The molecular weight excluding hydrogens is 255 g/mol. The van der Waals surface area contributed by atoms with Crippen molar-refractivity contribution in [2.24, 2.45) is 5.73 Å². The van der Waals surface area contributed by atoms with Crippen molar-refractivity contribution in [1.82, 2.24) is 4.98 Å². The van der Waals surface area contributed by atoms with Crippen LogP contribution in [0.4, 0.5) is 4.39 Å². The summed E-state index contributed by atoms with van der Waals surface area (Å²) in [5.41, 5.74) is 7.80. The van der Waals surface area contributed by atoms with Gasteiger partial charge in [-0.1, -0.05) is 0 Å². The maximum Gasteiger partial charge on any atom is 0.123 e. The van der Waals surface area contributed by atoms with Crippen LogP contribution in [0.25, 0.3) is 10.9 Å². The van der Waals surface area contributed by atoms with Gasteiger partial charge in [0.25, 0.3) is 0 Å². The molecule has 20 heavy (non-hydrogen) atoms. The molecule has 2 heterocycles. The number of fused-ring (bicyclic) bond motifs is 1. The molecule has 1 aliphatic rings. The molecule has 2 N–H and O–H groups in total. The first kappa shape index (κ1) is 13.5. The third-order valence-corrected chi connectivity index (χ3v) is 3.93. The van der Waals surface area contributed by atoms with E-state index in [4.69, 9.17) is 10.5 Å². The first-order valence-corrected chi connectivity index (χ1v) is 7.13. The lowest BCUT2D eigenvalue weighted by Gasteiger charge is -2.26. The van der Waals surface area contributed by atoms with Crippen molar-refractivity contribution >= 4 is 10.9 Å². The van der Waals surface area contributed by atoms with Crippen molar-refractivity contribution in [3.8, 4) is 0 Å². The van der Waals surface area contributed by atoms with E-state index in [0.717, 1.165) is 42.1 Å². The molecule has 2 aromatic rings. The molecule has 0 saturated carbocycles.